The summed E-state index contributed by atoms with van der Waals surface area (Å²) in [4.78, 5) is 11.9. The quantitative estimate of drug-likeness (QED) is 0.879. The lowest BCUT2D eigenvalue weighted by Gasteiger charge is -2.26. The van der Waals surface area contributed by atoms with Gasteiger partial charge in [-0.1, -0.05) is 36.8 Å². The highest BCUT2D eigenvalue weighted by Gasteiger charge is 2.19. The van der Waals surface area contributed by atoms with Gasteiger partial charge in [-0.3, -0.25) is 4.79 Å². The van der Waals surface area contributed by atoms with Crippen molar-refractivity contribution in [1.82, 2.24) is 5.32 Å². The zero-order chi connectivity index (χ0) is 13.7. The Morgan fingerprint density at radius 2 is 1.79 bits per heavy atom. The fourth-order valence-electron chi connectivity index (χ4n) is 2.72. The minimum absolute atomic E-state index is 0.208. The van der Waals surface area contributed by atoms with Crippen LogP contribution in [0.3, 0.4) is 0 Å². The molecule has 1 aromatic rings. The van der Waals surface area contributed by atoms with Crippen LogP contribution in [0.1, 0.15) is 50.2 Å². The molecule has 0 saturated heterocycles. The number of rotatable bonds is 4. The van der Waals surface area contributed by atoms with Gasteiger partial charge in [0.25, 0.3) is 0 Å². The van der Waals surface area contributed by atoms with Crippen LogP contribution in [0.4, 0.5) is 0 Å². The van der Waals surface area contributed by atoms with Gasteiger partial charge in [0.1, 0.15) is 0 Å². The molecular formula is C17H25NO. The number of hydrogen-bond acceptors (Lipinski definition) is 1. The highest BCUT2D eigenvalue weighted by Crippen LogP contribution is 2.23. The van der Waals surface area contributed by atoms with E-state index in [1.807, 2.05) is 0 Å². The fourth-order valence-corrected chi connectivity index (χ4v) is 2.72. The van der Waals surface area contributed by atoms with Gasteiger partial charge < -0.3 is 5.32 Å². The van der Waals surface area contributed by atoms with Gasteiger partial charge >= 0.3 is 0 Å². The van der Waals surface area contributed by atoms with Gasteiger partial charge in [-0.05, 0) is 50.5 Å². The maximum Gasteiger partial charge on any atom is 0.220 e. The van der Waals surface area contributed by atoms with Crippen molar-refractivity contribution in [3.63, 3.8) is 0 Å². The molecule has 1 aromatic carbocycles. The minimum atomic E-state index is 0.208. The van der Waals surface area contributed by atoms with Gasteiger partial charge in [-0.2, -0.15) is 0 Å². The average molecular weight is 259 g/mol. The van der Waals surface area contributed by atoms with Crippen molar-refractivity contribution in [3.8, 4) is 0 Å². The van der Waals surface area contributed by atoms with E-state index in [0.29, 0.717) is 12.5 Å². The van der Waals surface area contributed by atoms with Crippen LogP contribution < -0.4 is 5.32 Å². The summed E-state index contributed by atoms with van der Waals surface area (Å²) in [6.45, 7) is 4.38. The number of carbonyl (C=O) groups is 1. The largest absolute Gasteiger partial charge is 0.353 e. The summed E-state index contributed by atoms with van der Waals surface area (Å²) in [6, 6.07) is 8.86. The Kier molecular flexibility index (Phi) is 5.00. The number of carbonyl (C=O) groups excluding carboxylic acids is 1. The van der Waals surface area contributed by atoms with Crippen LogP contribution in [0, 0.1) is 12.8 Å². The molecule has 2 nitrogen and oxygen atoms in total. The first-order valence-electron chi connectivity index (χ1n) is 7.48. The number of aryl methyl sites for hydroxylation is 2. The van der Waals surface area contributed by atoms with Crippen molar-refractivity contribution in [2.24, 2.45) is 5.92 Å². The Morgan fingerprint density at radius 1 is 1.16 bits per heavy atom. The van der Waals surface area contributed by atoms with Crippen LogP contribution in [0.15, 0.2) is 24.3 Å². The van der Waals surface area contributed by atoms with Crippen LogP contribution in [0.2, 0.25) is 0 Å². The molecule has 0 atom stereocenters. The molecule has 0 bridgehead atoms. The molecule has 2 rings (SSSR count). The standard InChI is InChI=1S/C17H25NO/c1-13-3-7-15(8-4-13)9-12-17(19)18-16-10-5-14(2)6-11-16/h3-4,7-8,14,16H,5-6,9-12H2,1-2H3,(H,18,19). The molecule has 104 valence electrons. The minimum Gasteiger partial charge on any atom is -0.353 e. The van der Waals surface area contributed by atoms with Crippen LogP contribution in [-0.4, -0.2) is 11.9 Å². The van der Waals surface area contributed by atoms with E-state index in [-0.39, 0.29) is 5.91 Å². The predicted octanol–water partition coefficient (Wildman–Crippen LogP) is 3.62. The molecule has 1 aliphatic rings. The van der Waals surface area contributed by atoms with Crippen LogP contribution in [0.25, 0.3) is 0 Å². The van der Waals surface area contributed by atoms with Crippen molar-refractivity contribution in [2.75, 3.05) is 0 Å². The predicted molar refractivity (Wildman–Crippen MR) is 79.1 cm³/mol. The summed E-state index contributed by atoms with van der Waals surface area (Å²) in [5, 5.41) is 3.18. The SMILES string of the molecule is Cc1ccc(CCC(=O)NC2CCC(C)CC2)cc1. The molecule has 1 N–H and O–H groups in total. The third-order valence-electron chi connectivity index (χ3n) is 4.14. The average Bonchev–Trinajstić information content (AvgIpc) is 2.41. The highest BCUT2D eigenvalue weighted by molar-refractivity contribution is 5.76. The smallest absolute Gasteiger partial charge is 0.220 e. The maximum atomic E-state index is 11.9. The maximum absolute atomic E-state index is 11.9. The van der Waals surface area contributed by atoms with Crippen molar-refractivity contribution in [2.45, 2.75) is 58.4 Å². The van der Waals surface area contributed by atoms with E-state index in [0.717, 1.165) is 25.2 Å². The normalized spacial score (nSPS) is 23.1. The molecule has 0 radical (unpaired) electrons. The summed E-state index contributed by atoms with van der Waals surface area (Å²) in [7, 11) is 0. The first-order chi connectivity index (χ1) is 9.13. The van der Waals surface area contributed by atoms with E-state index in [2.05, 4.69) is 43.4 Å². The van der Waals surface area contributed by atoms with Gasteiger partial charge in [0.2, 0.25) is 5.91 Å². The van der Waals surface area contributed by atoms with Gasteiger partial charge in [0.05, 0.1) is 0 Å². The molecule has 0 unspecified atom stereocenters. The second kappa shape index (κ2) is 6.74. The molecule has 1 fully saturated rings. The molecule has 1 amide bonds. The molecule has 0 aliphatic heterocycles. The summed E-state index contributed by atoms with van der Waals surface area (Å²) in [6.07, 6.45) is 6.26. The first-order valence-corrected chi connectivity index (χ1v) is 7.48. The summed E-state index contributed by atoms with van der Waals surface area (Å²) in [5.41, 5.74) is 2.52. The van der Waals surface area contributed by atoms with Crippen molar-refractivity contribution in [3.05, 3.63) is 35.4 Å². The number of hydrogen-bond donors (Lipinski definition) is 1. The Labute approximate surface area is 116 Å². The van der Waals surface area contributed by atoms with Gasteiger partial charge in [0, 0.05) is 12.5 Å². The fraction of sp³-hybridized carbons (Fsp3) is 0.588. The molecule has 1 aliphatic carbocycles. The molecule has 0 spiro atoms. The molecule has 19 heavy (non-hydrogen) atoms. The monoisotopic (exact) mass is 259 g/mol. The van der Waals surface area contributed by atoms with Gasteiger partial charge in [-0.25, -0.2) is 0 Å². The second-order valence-electron chi connectivity index (χ2n) is 6.01. The Balaban J connectivity index is 1.71. The van der Waals surface area contributed by atoms with E-state index < -0.39 is 0 Å². The van der Waals surface area contributed by atoms with Crippen molar-refractivity contribution >= 4 is 5.91 Å². The zero-order valence-electron chi connectivity index (χ0n) is 12.1. The molecule has 0 aromatic heterocycles. The molecule has 1 saturated carbocycles. The first kappa shape index (κ1) is 14.1. The number of benzene rings is 1. The van der Waals surface area contributed by atoms with E-state index in [1.165, 1.54) is 24.0 Å². The third-order valence-corrected chi connectivity index (χ3v) is 4.14. The van der Waals surface area contributed by atoms with Crippen molar-refractivity contribution < 1.29 is 4.79 Å². The van der Waals surface area contributed by atoms with Gasteiger partial charge in [-0.15, -0.1) is 0 Å². The number of nitrogens with one attached hydrogen (secondary N) is 1. The molecule has 2 heteroatoms. The van der Waals surface area contributed by atoms with E-state index >= 15 is 0 Å². The van der Waals surface area contributed by atoms with E-state index in [1.54, 1.807) is 0 Å². The number of amides is 1. The lowest BCUT2D eigenvalue weighted by atomic mass is 9.87. The zero-order valence-corrected chi connectivity index (χ0v) is 12.1. The molecular weight excluding hydrogens is 234 g/mol. The van der Waals surface area contributed by atoms with Crippen LogP contribution >= 0.6 is 0 Å². The summed E-state index contributed by atoms with van der Waals surface area (Å²) < 4.78 is 0. The van der Waals surface area contributed by atoms with Crippen LogP contribution in [0.5, 0.6) is 0 Å². The molecule has 0 heterocycles. The summed E-state index contributed by atoms with van der Waals surface area (Å²) in [5.74, 6) is 1.04. The van der Waals surface area contributed by atoms with Gasteiger partial charge in [0.15, 0.2) is 0 Å². The summed E-state index contributed by atoms with van der Waals surface area (Å²) >= 11 is 0. The lowest BCUT2D eigenvalue weighted by molar-refractivity contribution is -0.122. The van der Waals surface area contributed by atoms with E-state index in [9.17, 15) is 4.79 Å². The topological polar surface area (TPSA) is 29.1 Å². The Hall–Kier alpha value is -1.31. The van der Waals surface area contributed by atoms with E-state index in [4.69, 9.17) is 0 Å². The third kappa shape index (κ3) is 4.70. The lowest BCUT2D eigenvalue weighted by Crippen LogP contribution is -2.37. The van der Waals surface area contributed by atoms with Crippen molar-refractivity contribution in [1.29, 1.82) is 0 Å². The Bertz CT molecular complexity index is 402. The second-order valence-corrected chi connectivity index (χ2v) is 6.01. The highest BCUT2D eigenvalue weighted by atomic mass is 16.1. The van der Waals surface area contributed by atoms with Crippen LogP contribution in [-0.2, 0) is 11.2 Å². The Morgan fingerprint density at radius 3 is 2.42 bits per heavy atom.